The van der Waals surface area contributed by atoms with Gasteiger partial charge in [0.25, 0.3) is 0 Å². The molecule has 2 atom stereocenters. The summed E-state index contributed by atoms with van der Waals surface area (Å²) >= 11 is 5.90. The molecule has 0 unspecified atom stereocenters. The Kier molecular flexibility index (Phi) is 5.23. The number of pyridine rings is 2. The Morgan fingerprint density at radius 2 is 2.11 bits per heavy atom. The lowest BCUT2D eigenvalue weighted by Crippen LogP contribution is -2.27. The number of ether oxygens (including phenoxy) is 2. The van der Waals surface area contributed by atoms with E-state index in [1.165, 1.54) is 0 Å². The van der Waals surface area contributed by atoms with Gasteiger partial charge in [-0.3, -0.25) is 4.98 Å². The maximum Gasteiger partial charge on any atom is 0.130 e. The normalized spacial score (nSPS) is 18.4. The Balaban J connectivity index is 1.47. The van der Waals surface area contributed by atoms with Gasteiger partial charge < -0.3 is 14.6 Å². The van der Waals surface area contributed by atoms with Crippen molar-refractivity contribution in [2.75, 3.05) is 6.61 Å². The largest absolute Gasteiger partial charge is 0.493 e. The molecule has 5 nitrogen and oxygen atoms in total. The highest BCUT2D eigenvalue weighted by atomic mass is 35.5. The van der Waals surface area contributed by atoms with E-state index in [-0.39, 0.29) is 5.92 Å². The molecule has 1 aliphatic heterocycles. The van der Waals surface area contributed by atoms with Crippen molar-refractivity contribution in [2.24, 2.45) is 5.92 Å². The Hall–Kier alpha value is -2.63. The third kappa shape index (κ3) is 4.21. The van der Waals surface area contributed by atoms with Crippen LogP contribution in [0.3, 0.4) is 0 Å². The molecule has 6 heteroatoms. The van der Waals surface area contributed by atoms with E-state index >= 15 is 0 Å². The SMILES string of the molecule is O[C@@H]1c2cc(OCc3cccc(Cl)n3)ccc2OC[C@@H]1Cc1cccnc1. The number of aromatic nitrogens is 2. The molecule has 1 N–H and O–H groups in total. The van der Waals surface area contributed by atoms with Crippen LogP contribution in [0.4, 0.5) is 0 Å². The van der Waals surface area contributed by atoms with Gasteiger partial charge in [-0.05, 0) is 48.4 Å². The van der Waals surface area contributed by atoms with E-state index in [9.17, 15) is 5.11 Å². The Morgan fingerprint density at radius 1 is 1.19 bits per heavy atom. The van der Waals surface area contributed by atoms with Crippen LogP contribution in [-0.4, -0.2) is 21.7 Å². The third-order valence-corrected chi connectivity index (χ3v) is 4.79. The molecule has 27 heavy (non-hydrogen) atoms. The quantitative estimate of drug-likeness (QED) is 0.676. The lowest BCUT2D eigenvalue weighted by molar-refractivity contribution is 0.0504. The Labute approximate surface area is 162 Å². The number of halogens is 1. The smallest absolute Gasteiger partial charge is 0.130 e. The number of benzene rings is 1. The van der Waals surface area contributed by atoms with Crippen LogP contribution in [0.25, 0.3) is 0 Å². The number of aliphatic hydroxyl groups is 1. The summed E-state index contributed by atoms with van der Waals surface area (Å²) in [7, 11) is 0. The molecule has 3 heterocycles. The fourth-order valence-electron chi connectivity index (χ4n) is 3.20. The molecule has 4 rings (SSSR count). The van der Waals surface area contributed by atoms with Gasteiger partial charge in [-0.15, -0.1) is 0 Å². The van der Waals surface area contributed by atoms with Crippen molar-refractivity contribution in [2.45, 2.75) is 19.1 Å². The number of aliphatic hydroxyl groups excluding tert-OH is 1. The number of rotatable bonds is 5. The molecule has 0 saturated heterocycles. The number of hydrogen-bond donors (Lipinski definition) is 1. The van der Waals surface area contributed by atoms with Gasteiger partial charge in [-0.2, -0.15) is 0 Å². The summed E-state index contributed by atoms with van der Waals surface area (Å²) in [5.74, 6) is 1.31. The van der Waals surface area contributed by atoms with E-state index in [1.807, 2.05) is 48.7 Å². The first-order valence-electron chi connectivity index (χ1n) is 8.77. The van der Waals surface area contributed by atoms with Crippen LogP contribution in [0.1, 0.15) is 22.9 Å². The van der Waals surface area contributed by atoms with Crippen LogP contribution in [-0.2, 0) is 13.0 Å². The van der Waals surface area contributed by atoms with Gasteiger partial charge >= 0.3 is 0 Å². The van der Waals surface area contributed by atoms with Crippen molar-refractivity contribution in [1.29, 1.82) is 0 Å². The molecule has 0 aliphatic carbocycles. The number of fused-ring (bicyclic) bond motifs is 1. The molecule has 3 aromatic rings. The predicted molar refractivity (Wildman–Crippen MR) is 102 cm³/mol. The lowest BCUT2D eigenvalue weighted by atomic mass is 9.88. The van der Waals surface area contributed by atoms with E-state index in [1.54, 1.807) is 12.3 Å². The minimum atomic E-state index is -0.623. The first-order valence-corrected chi connectivity index (χ1v) is 9.15. The molecule has 0 spiro atoms. The average Bonchev–Trinajstić information content (AvgIpc) is 2.70. The second-order valence-corrected chi connectivity index (χ2v) is 6.91. The maximum atomic E-state index is 10.8. The lowest BCUT2D eigenvalue weighted by Gasteiger charge is -2.30. The Bertz CT molecular complexity index is 920. The molecule has 0 fully saturated rings. The molecular weight excluding hydrogens is 364 g/mol. The highest BCUT2D eigenvalue weighted by Crippen LogP contribution is 2.38. The highest BCUT2D eigenvalue weighted by molar-refractivity contribution is 6.29. The molecule has 2 aromatic heterocycles. The second-order valence-electron chi connectivity index (χ2n) is 6.52. The first kappa shape index (κ1) is 17.8. The second kappa shape index (κ2) is 7.94. The van der Waals surface area contributed by atoms with Gasteiger partial charge in [-0.1, -0.05) is 23.7 Å². The monoisotopic (exact) mass is 382 g/mol. The standard InChI is InChI=1S/C21H19ClN2O3/c22-20-5-1-4-16(24-20)13-26-17-6-7-19-18(10-17)21(25)15(12-27-19)9-14-3-2-8-23-11-14/h1-8,10-11,15,21,25H,9,12-13H2/t15-,21-/m0/s1. The maximum absolute atomic E-state index is 10.8. The topological polar surface area (TPSA) is 64.5 Å². The zero-order valence-electron chi connectivity index (χ0n) is 14.6. The predicted octanol–water partition coefficient (Wildman–Crippen LogP) is 3.99. The van der Waals surface area contributed by atoms with Crippen LogP contribution < -0.4 is 9.47 Å². The fraction of sp³-hybridized carbons (Fsp3) is 0.238. The van der Waals surface area contributed by atoms with Gasteiger partial charge in [0.15, 0.2) is 0 Å². The van der Waals surface area contributed by atoms with Crippen molar-refractivity contribution < 1.29 is 14.6 Å². The van der Waals surface area contributed by atoms with Crippen LogP contribution in [0.5, 0.6) is 11.5 Å². The Morgan fingerprint density at radius 3 is 2.93 bits per heavy atom. The summed E-state index contributed by atoms with van der Waals surface area (Å²) in [6.45, 7) is 0.769. The highest BCUT2D eigenvalue weighted by Gasteiger charge is 2.30. The van der Waals surface area contributed by atoms with E-state index in [2.05, 4.69) is 9.97 Å². The molecular formula is C21H19ClN2O3. The molecule has 0 saturated carbocycles. The minimum Gasteiger partial charge on any atom is -0.493 e. The van der Waals surface area contributed by atoms with Gasteiger partial charge in [0.05, 0.1) is 18.4 Å². The minimum absolute atomic E-state index is 0.0356. The summed E-state index contributed by atoms with van der Waals surface area (Å²) in [5, 5.41) is 11.3. The summed E-state index contributed by atoms with van der Waals surface area (Å²) in [4.78, 5) is 8.35. The van der Waals surface area contributed by atoms with Crippen molar-refractivity contribution in [3.8, 4) is 11.5 Å². The van der Waals surface area contributed by atoms with Crippen molar-refractivity contribution in [3.63, 3.8) is 0 Å². The summed E-state index contributed by atoms with van der Waals surface area (Å²) in [6, 6.07) is 14.8. The average molecular weight is 383 g/mol. The molecule has 0 radical (unpaired) electrons. The van der Waals surface area contributed by atoms with Gasteiger partial charge in [0.2, 0.25) is 0 Å². The van der Waals surface area contributed by atoms with Crippen molar-refractivity contribution >= 4 is 11.6 Å². The molecule has 1 aliphatic rings. The first-order chi connectivity index (χ1) is 13.2. The fourth-order valence-corrected chi connectivity index (χ4v) is 3.38. The molecule has 1 aromatic carbocycles. The summed E-state index contributed by atoms with van der Waals surface area (Å²) < 4.78 is 11.7. The summed E-state index contributed by atoms with van der Waals surface area (Å²) in [6.07, 6.45) is 3.64. The van der Waals surface area contributed by atoms with Crippen molar-refractivity contribution in [1.82, 2.24) is 9.97 Å². The van der Waals surface area contributed by atoms with Gasteiger partial charge in [0.1, 0.15) is 23.3 Å². The molecule has 0 amide bonds. The van der Waals surface area contributed by atoms with E-state index in [4.69, 9.17) is 21.1 Å². The van der Waals surface area contributed by atoms with Crippen LogP contribution in [0, 0.1) is 5.92 Å². The van der Waals surface area contributed by atoms with Crippen LogP contribution >= 0.6 is 11.6 Å². The van der Waals surface area contributed by atoms with Gasteiger partial charge in [-0.25, -0.2) is 4.98 Å². The van der Waals surface area contributed by atoms with E-state index < -0.39 is 6.10 Å². The van der Waals surface area contributed by atoms with Crippen LogP contribution in [0.15, 0.2) is 60.9 Å². The van der Waals surface area contributed by atoms with Crippen molar-refractivity contribution in [3.05, 3.63) is 82.9 Å². The van der Waals surface area contributed by atoms with E-state index in [0.717, 1.165) is 16.8 Å². The number of nitrogens with zero attached hydrogens (tertiary/aromatic N) is 2. The van der Waals surface area contributed by atoms with E-state index in [0.29, 0.717) is 36.3 Å². The zero-order valence-corrected chi connectivity index (χ0v) is 15.3. The van der Waals surface area contributed by atoms with Gasteiger partial charge in [0, 0.05) is 23.9 Å². The molecule has 138 valence electrons. The van der Waals surface area contributed by atoms with Crippen LogP contribution in [0.2, 0.25) is 5.15 Å². The zero-order chi connectivity index (χ0) is 18.6. The number of hydrogen-bond acceptors (Lipinski definition) is 5. The summed E-state index contributed by atoms with van der Waals surface area (Å²) in [5.41, 5.74) is 2.56. The molecule has 0 bridgehead atoms. The third-order valence-electron chi connectivity index (χ3n) is 4.58.